The Morgan fingerprint density at radius 2 is 2.31 bits per heavy atom. The summed E-state index contributed by atoms with van der Waals surface area (Å²) in [7, 11) is 2.11. The van der Waals surface area contributed by atoms with Gasteiger partial charge in [-0.05, 0) is 30.5 Å². The Balaban J connectivity index is 2.32. The molecule has 1 aromatic rings. The number of fused-ring (bicyclic) bond motifs is 1. The minimum atomic E-state index is 0.572. The number of benzene rings is 1. The lowest BCUT2D eigenvalue weighted by Crippen LogP contribution is -2.20. The molecule has 2 atom stereocenters. The average molecular weight is 239 g/mol. The second-order valence-corrected chi connectivity index (χ2v) is 5.13. The molecule has 3 heteroatoms. The summed E-state index contributed by atoms with van der Waals surface area (Å²) in [4.78, 5) is 2.26. The molecule has 0 amide bonds. The van der Waals surface area contributed by atoms with Crippen LogP contribution in [0.3, 0.4) is 0 Å². The molecule has 0 saturated carbocycles. The van der Waals surface area contributed by atoms with Gasteiger partial charge in [-0.1, -0.05) is 30.7 Å². The van der Waals surface area contributed by atoms with E-state index in [0.717, 1.165) is 24.5 Å². The lowest BCUT2D eigenvalue weighted by atomic mass is 9.87. The molecule has 88 valence electrons. The minimum Gasteiger partial charge on any atom is -0.373 e. The van der Waals surface area contributed by atoms with Crippen LogP contribution >= 0.6 is 11.6 Å². The lowest BCUT2D eigenvalue weighted by molar-refractivity contribution is 0.451. The highest BCUT2D eigenvalue weighted by molar-refractivity contribution is 6.33. The third-order valence-electron chi connectivity index (χ3n) is 3.58. The normalized spacial score (nSPS) is 21.0. The predicted octanol–water partition coefficient (Wildman–Crippen LogP) is 2.86. The summed E-state index contributed by atoms with van der Waals surface area (Å²) in [5.41, 5.74) is 8.23. The molecule has 0 aromatic heterocycles. The summed E-state index contributed by atoms with van der Waals surface area (Å²) >= 11 is 6.25. The van der Waals surface area contributed by atoms with Crippen molar-refractivity contribution in [2.24, 2.45) is 11.7 Å². The molecule has 0 fully saturated rings. The summed E-state index contributed by atoms with van der Waals surface area (Å²) in [6, 6.07) is 6.21. The standard InChI is InChI=1S/C13H19ClN2/c1-9(6-7-15)11-8-16(2)13-10(11)4-3-5-12(13)14/h3-5,9,11H,6-8,15H2,1-2H3. The molecule has 1 aliphatic rings. The van der Waals surface area contributed by atoms with Crippen molar-refractivity contribution in [3.8, 4) is 0 Å². The van der Waals surface area contributed by atoms with Crippen molar-refractivity contribution in [3.63, 3.8) is 0 Å². The maximum absolute atomic E-state index is 6.25. The Bertz CT molecular complexity index is 378. The first kappa shape index (κ1) is 11.7. The van der Waals surface area contributed by atoms with E-state index in [1.165, 1.54) is 11.3 Å². The van der Waals surface area contributed by atoms with Crippen LogP contribution in [0.2, 0.25) is 5.02 Å². The first-order chi connectivity index (χ1) is 7.65. The fraction of sp³-hybridized carbons (Fsp3) is 0.538. The number of hydrogen-bond donors (Lipinski definition) is 1. The van der Waals surface area contributed by atoms with Crippen molar-refractivity contribution in [2.75, 3.05) is 25.0 Å². The van der Waals surface area contributed by atoms with Gasteiger partial charge in [0.25, 0.3) is 0 Å². The van der Waals surface area contributed by atoms with Crippen LogP contribution in [0.5, 0.6) is 0 Å². The summed E-state index contributed by atoms with van der Waals surface area (Å²) in [5.74, 6) is 1.19. The second-order valence-electron chi connectivity index (χ2n) is 4.72. The summed E-state index contributed by atoms with van der Waals surface area (Å²) in [6.45, 7) is 4.10. The number of nitrogens with zero attached hydrogens (tertiary/aromatic N) is 1. The fourth-order valence-corrected chi connectivity index (χ4v) is 3.00. The molecule has 2 unspecified atom stereocenters. The number of halogens is 1. The molecule has 0 saturated heterocycles. The van der Waals surface area contributed by atoms with E-state index < -0.39 is 0 Å². The van der Waals surface area contributed by atoms with Crippen LogP contribution in [0.4, 0.5) is 5.69 Å². The van der Waals surface area contributed by atoms with Crippen LogP contribution < -0.4 is 10.6 Å². The minimum absolute atomic E-state index is 0.572. The van der Waals surface area contributed by atoms with Crippen LogP contribution in [-0.2, 0) is 0 Å². The Morgan fingerprint density at radius 3 is 3.00 bits per heavy atom. The molecule has 1 heterocycles. The Labute approximate surface area is 102 Å². The summed E-state index contributed by atoms with van der Waals surface area (Å²) in [5, 5.41) is 0.863. The largest absolute Gasteiger partial charge is 0.373 e. The monoisotopic (exact) mass is 238 g/mol. The number of rotatable bonds is 3. The van der Waals surface area contributed by atoms with Gasteiger partial charge >= 0.3 is 0 Å². The zero-order valence-corrected chi connectivity index (χ0v) is 10.7. The Kier molecular flexibility index (Phi) is 3.41. The zero-order valence-electron chi connectivity index (χ0n) is 9.91. The van der Waals surface area contributed by atoms with E-state index in [1.807, 2.05) is 12.1 Å². The maximum Gasteiger partial charge on any atom is 0.0642 e. The topological polar surface area (TPSA) is 29.3 Å². The number of likely N-dealkylation sites (N-methyl/N-ethyl adjacent to an activating group) is 1. The number of anilines is 1. The van der Waals surface area contributed by atoms with E-state index in [0.29, 0.717) is 11.8 Å². The van der Waals surface area contributed by atoms with Gasteiger partial charge in [0.05, 0.1) is 10.7 Å². The van der Waals surface area contributed by atoms with Gasteiger partial charge in [-0.15, -0.1) is 0 Å². The van der Waals surface area contributed by atoms with Crippen molar-refractivity contribution >= 4 is 17.3 Å². The fourth-order valence-electron chi connectivity index (χ4n) is 2.67. The van der Waals surface area contributed by atoms with Crippen molar-refractivity contribution < 1.29 is 0 Å². The van der Waals surface area contributed by atoms with Crippen molar-refractivity contribution in [2.45, 2.75) is 19.3 Å². The molecule has 0 aliphatic carbocycles. The van der Waals surface area contributed by atoms with E-state index in [9.17, 15) is 0 Å². The van der Waals surface area contributed by atoms with Crippen molar-refractivity contribution in [1.29, 1.82) is 0 Å². The van der Waals surface area contributed by atoms with Crippen LogP contribution in [0.15, 0.2) is 18.2 Å². The predicted molar refractivity (Wildman–Crippen MR) is 70.3 cm³/mol. The number of hydrogen-bond acceptors (Lipinski definition) is 2. The van der Waals surface area contributed by atoms with Gasteiger partial charge in [0, 0.05) is 19.5 Å². The molecule has 0 bridgehead atoms. The van der Waals surface area contributed by atoms with Crippen LogP contribution in [0, 0.1) is 5.92 Å². The highest BCUT2D eigenvalue weighted by Crippen LogP contribution is 2.43. The van der Waals surface area contributed by atoms with Gasteiger partial charge in [0.1, 0.15) is 0 Å². The van der Waals surface area contributed by atoms with E-state index >= 15 is 0 Å². The highest BCUT2D eigenvalue weighted by atomic mass is 35.5. The van der Waals surface area contributed by atoms with Crippen LogP contribution in [0.25, 0.3) is 0 Å². The molecule has 0 radical (unpaired) electrons. The first-order valence-electron chi connectivity index (χ1n) is 5.84. The SMILES string of the molecule is CC(CCN)C1CN(C)c2c(Cl)cccc21. The van der Waals surface area contributed by atoms with Gasteiger partial charge in [0.15, 0.2) is 0 Å². The molecule has 2 N–H and O–H groups in total. The van der Waals surface area contributed by atoms with E-state index in [2.05, 4.69) is 24.9 Å². The van der Waals surface area contributed by atoms with E-state index in [-0.39, 0.29) is 0 Å². The smallest absolute Gasteiger partial charge is 0.0642 e. The molecule has 2 rings (SSSR count). The lowest BCUT2D eigenvalue weighted by Gasteiger charge is -2.19. The average Bonchev–Trinajstić information content (AvgIpc) is 2.58. The van der Waals surface area contributed by atoms with Crippen molar-refractivity contribution in [3.05, 3.63) is 28.8 Å². The van der Waals surface area contributed by atoms with E-state index in [4.69, 9.17) is 17.3 Å². The molecule has 2 nitrogen and oxygen atoms in total. The third-order valence-corrected chi connectivity index (χ3v) is 3.88. The van der Waals surface area contributed by atoms with Crippen molar-refractivity contribution in [1.82, 2.24) is 0 Å². The van der Waals surface area contributed by atoms with Gasteiger partial charge < -0.3 is 10.6 Å². The molecule has 16 heavy (non-hydrogen) atoms. The van der Waals surface area contributed by atoms with Gasteiger partial charge in [0.2, 0.25) is 0 Å². The Morgan fingerprint density at radius 1 is 1.56 bits per heavy atom. The van der Waals surface area contributed by atoms with Gasteiger partial charge in [-0.25, -0.2) is 0 Å². The first-order valence-corrected chi connectivity index (χ1v) is 6.22. The van der Waals surface area contributed by atoms with E-state index in [1.54, 1.807) is 0 Å². The molecule has 1 aliphatic heterocycles. The molecule has 1 aromatic carbocycles. The molecule has 0 spiro atoms. The highest BCUT2D eigenvalue weighted by Gasteiger charge is 2.31. The molecular formula is C13H19ClN2. The second kappa shape index (κ2) is 4.64. The zero-order chi connectivity index (χ0) is 11.7. The quantitative estimate of drug-likeness (QED) is 0.878. The number of para-hydroxylation sites is 1. The summed E-state index contributed by atoms with van der Waals surface area (Å²) in [6.07, 6.45) is 1.07. The molecular weight excluding hydrogens is 220 g/mol. The van der Waals surface area contributed by atoms with Crippen LogP contribution in [-0.4, -0.2) is 20.1 Å². The third kappa shape index (κ3) is 1.92. The number of nitrogens with two attached hydrogens (primary N) is 1. The summed E-state index contributed by atoms with van der Waals surface area (Å²) < 4.78 is 0. The van der Waals surface area contributed by atoms with Crippen LogP contribution in [0.1, 0.15) is 24.8 Å². The van der Waals surface area contributed by atoms with Gasteiger partial charge in [-0.3, -0.25) is 0 Å². The maximum atomic E-state index is 6.25. The Hall–Kier alpha value is -0.730. The van der Waals surface area contributed by atoms with Gasteiger partial charge in [-0.2, -0.15) is 0 Å².